The molecule has 0 saturated heterocycles. The van der Waals surface area contributed by atoms with E-state index in [0.29, 0.717) is 6.42 Å². The van der Waals surface area contributed by atoms with Gasteiger partial charge in [-0.25, -0.2) is 0 Å². The van der Waals surface area contributed by atoms with Gasteiger partial charge >= 0.3 is 0 Å². The third kappa shape index (κ3) is 5.23. The molecule has 0 atom stereocenters. The van der Waals surface area contributed by atoms with Crippen molar-refractivity contribution >= 4 is 0 Å². The zero-order valence-corrected chi connectivity index (χ0v) is 4.93. The second-order valence-electron chi connectivity index (χ2n) is 1.48. The van der Waals surface area contributed by atoms with Gasteiger partial charge in [0.1, 0.15) is 0 Å². The monoisotopic (exact) mass is 108 g/mol. The number of nitriles is 1. The Morgan fingerprint density at radius 2 is 2.25 bits per heavy atom. The number of nitrogens with zero attached hydrogens (tertiary/aromatic N) is 1. The van der Waals surface area contributed by atoms with Crippen molar-refractivity contribution in [1.29, 1.82) is 5.26 Å². The van der Waals surface area contributed by atoms with Crippen LogP contribution in [0.1, 0.15) is 19.3 Å². The summed E-state index contributed by atoms with van der Waals surface area (Å²) in [6, 6.07) is 2.02. The van der Waals surface area contributed by atoms with E-state index >= 15 is 0 Å². The minimum absolute atomic E-state index is 0.528. The molecule has 0 aliphatic rings. The lowest BCUT2D eigenvalue weighted by molar-refractivity contribution is 1.04. The summed E-state index contributed by atoms with van der Waals surface area (Å²) in [7, 11) is 0. The van der Waals surface area contributed by atoms with Crippen molar-refractivity contribution in [3.8, 4) is 6.07 Å². The molecule has 0 aliphatic heterocycles. The molecule has 1 heteroatoms. The van der Waals surface area contributed by atoms with Crippen molar-refractivity contribution in [1.82, 2.24) is 0 Å². The molecule has 0 N–H and O–H groups in total. The Bertz CT molecular complexity index is 97.4. The first-order chi connectivity index (χ1) is 3.91. The van der Waals surface area contributed by atoms with E-state index < -0.39 is 0 Å². The molecule has 0 unspecified atom stereocenters. The van der Waals surface area contributed by atoms with E-state index in [2.05, 4.69) is 6.92 Å². The van der Waals surface area contributed by atoms with Gasteiger partial charge in [-0.05, 0) is 12.8 Å². The molecule has 1 radical (unpaired) electrons. The average Bonchev–Trinajstić information content (AvgIpc) is 1.81. The molecule has 43 valence electrons. The van der Waals surface area contributed by atoms with Crippen molar-refractivity contribution in [2.45, 2.75) is 19.3 Å². The van der Waals surface area contributed by atoms with E-state index in [-0.39, 0.29) is 0 Å². The van der Waals surface area contributed by atoms with Crippen molar-refractivity contribution < 1.29 is 0 Å². The maximum Gasteiger partial charge on any atom is 0.0663 e. The summed E-state index contributed by atoms with van der Waals surface area (Å²) in [5.41, 5.74) is 0. The minimum Gasteiger partial charge on any atom is -0.198 e. The molecule has 0 aliphatic carbocycles. The Morgan fingerprint density at radius 1 is 1.50 bits per heavy atom. The summed E-state index contributed by atoms with van der Waals surface area (Å²) >= 11 is 0. The highest BCUT2D eigenvalue weighted by molar-refractivity contribution is 4.90. The quantitative estimate of drug-likeness (QED) is 0.508. The predicted octanol–water partition coefficient (Wildman–Crippen LogP) is 2.07. The molecular formula is C7H10N. The zero-order valence-electron chi connectivity index (χ0n) is 4.93. The first-order valence-corrected chi connectivity index (χ1v) is 2.73. The normalized spacial score (nSPS) is 9.50. The Morgan fingerprint density at radius 3 is 2.75 bits per heavy atom. The first-order valence-electron chi connectivity index (χ1n) is 2.73. The number of allylic oxidation sites excluding steroid dienone is 2. The fraction of sp³-hybridized carbons (Fsp3) is 0.429. The lowest BCUT2D eigenvalue weighted by Gasteiger charge is -1.78. The van der Waals surface area contributed by atoms with Crippen LogP contribution in [0.4, 0.5) is 0 Å². The lowest BCUT2D eigenvalue weighted by atomic mass is 10.3. The van der Waals surface area contributed by atoms with E-state index in [1.165, 1.54) is 0 Å². The summed E-state index contributed by atoms with van der Waals surface area (Å²) in [6.07, 6.45) is 6.28. The summed E-state index contributed by atoms with van der Waals surface area (Å²) in [6.45, 7) is 3.65. The minimum atomic E-state index is 0.528. The lowest BCUT2D eigenvalue weighted by Crippen LogP contribution is -1.60. The second kappa shape index (κ2) is 6.23. The molecule has 0 aromatic heterocycles. The van der Waals surface area contributed by atoms with Crippen LogP contribution in [0.2, 0.25) is 0 Å². The Balaban J connectivity index is 2.98. The third-order valence-corrected chi connectivity index (χ3v) is 0.747. The largest absolute Gasteiger partial charge is 0.198 e. The number of rotatable bonds is 3. The van der Waals surface area contributed by atoms with Crippen molar-refractivity contribution in [2.75, 3.05) is 0 Å². The molecule has 0 aromatic carbocycles. The van der Waals surface area contributed by atoms with Crippen LogP contribution in [0, 0.1) is 18.3 Å². The predicted molar refractivity (Wildman–Crippen MR) is 34.0 cm³/mol. The van der Waals surface area contributed by atoms with Gasteiger partial charge in [-0.2, -0.15) is 5.26 Å². The first kappa shape index (κ1) is 7.23. The van der Waals surface area contributed by atoms with Crippen LogP contribution in [-0.4, -0.2) is 0 Å². The SMILES string of the molecule is [CH2]CCC=CCC#N. The third-order valence-electron chi connectivity index (χ3n) is 0.747. The second-order valence-corrected chi connectivity index (χ2v) is 1.48. The maximum atomic E-state index is 8.05. The summed E-state index contributed by atoms with van der Waals surface area (Å²) in [5, 5.41) is 8.05. The molecule has 0 heterocycles. The van der Waals surface area contributed by atoms with Crippen molar-refractivity contribution in [3.63, 3.8) is 0 Å². The van der Waals surface area contributed by atoms with Crippen LogP contribution in [0.3, 0.4) is 0 Å². The fourth-order valence-electron chi connectivity index (χ4n) is 0.372. The highest BCUT2D eigenvalue weighted by Crippen LogP contribution is 1.88. The van der Waals surface area contributed by atoms with Gasteiger partial charge in [0.25, 0.3) is 0 Å². The van der Waals surface area contributed by atoms with Crippen LogP contribution in [0.15, 0.2) is 12.2 Å². The molecule has 1 nitrogen and oxygen atoms in total. The van der Waals surface area contributed by atoms with E-state index in [4.69, 9.17) is 5.26 Å². The number of hydrogen-bond acceptors (Lipinski definition) is 1. The fourth-order valence-corrected chi connectivity index (χ4v) is 0.372. The maximum absolute atomic E-state index is 8.05. The summed E-state index contributed by atoms with van der Waals surface area (Å²) in [5.74, 6) is 0. The topological polar surface area (TPSA) is 23.8 Å². The molecule has 0 rings (SSSR count). The molecule has 0 bridgehead atoms. The number of hydrogen-bond donors (Lipinski definition) is 0. The van der Waals surface area contributed by atoms with Gasteiger partial charge in [0.2, 0.25) is 0 Å². The molecular weight excluding hydrogens is 98.1 g/mol. The van der Waals surface area contributed by atoms with Gasteiger partial charge in [-0.1, -0.05) is 19.1 Å². The average molecular weight is 108 g/mol. The van der Waals surface area contributed by atoms with Crippen molar-refractivity contribution in [2.24, 2.45) is 0 Å². The van der Waals surface area contributed by atoms with Gasteiger partial charge in [0, 0.05) is 0 Å². The van der Waals surface area contributed by atoms with E-state index in [1.54, 1.807) is 0 Å². The van der Waals surface area contributed by atoms with Gasteiger partial charge in [0.15, 0.2) is 0 Å². The van der Waals surface area contributed by atoms with Gasteiger partial charge in [-0.3, -0.25) is 0 Å². The Hall–Kier alpha value is -0.770. The molecule has 0 aromatic rings. The van der Waals surface area contributed by atoms with Crippen LogP contribution in [0.25, 0.3) is 0 Å². The van der Waals surface area contributed by atoms with E-state index in [0.717, 1.165) is 12.8 Å². The number of unbranched alkanes of at least 4 members (excludes halogenated alkanes) is 1. The van der Waals surface area contributed by atoms with Crippen LogP contribution in [-0.2, 0) is 0 Å². The van der Waals surface area contributed by atoms with Crippen LogP contribution < -0.4 is 0 Å². The van der Waals surface area contributed by atoms with Gasteiger partial charge in [0.05, 0.1) is 12.5 Å². The standard InChI is InChI=1S/C7H10N/c1-2-3-4-5-6-7-8/h4-5H,1-3,6H2. The van der Waals surface area contributed by atoms with Crippen LogP contribution in [0.5, 0.6) is 0 Å². The van der Waals surface area contributed by atoms with Crippen LogP contribution >= 0.6 is 0 Å². The molecule has 0 saturated carbocycles. The van der Waals surface area contributed by atoms with Crippen molar-refractivity contribution in [3.05, 3.63) is 19.1 Å². The highest BCUT2D eigenvalue weighted by Gasteiger charge is 1.71. The molecule has 0 fully saturated rings. The molecule has 8 heavy (non-hydrogen) atoms. The van der Waals surface area contributed by atoms with Gasteiger partial charge < -0.3 is 0 Å². The smallest absolute Gasteiger partial charge is 0.0663 e. The Labute approximate surface area is 50.6 Å². The molecule has 0 spiro atoms. The summed E-state index contributed by atoms with van der Waals surface area (Å²) in [4.78, 5) is 0. The van der Waals surface area contributed by atoms with E-state index in [9.17, 15) is 0 Å². The molecule has 0 amide bonds. The zero-order chi connectivity index (χ0) is 6.24. The van der Waals surface area contributed by atoms with E-state index in [1.807, 2.05) is 18.2 Å². The van der Waals surface area contributed by atoms with Gasteiger partial charge in [-0.15, -0.1) is 0 Å². The Kier molecular flexibility index (Phi) is 5.63. The summed E-state index contributed by atoms with van der Waals surface area (Å²) < 4.78 is 0. The highest BCUT2D eigenvalue weighted by atomic mass is 14.2.